The van der Waals surface area contributed by atoms with Gasteiger partial charge in [-0.3, -0.25) is 0 Å². The summed E-state index contributed by atoms with van der Waals surface area (Å²) in [6.45, 7) is 7.44. The molecule has 188 valence electrons. The fourth-order valence-corrected chi connectivity index (χ4v) is 5.38. The van der Waals surface area contributed by atoms with Gasteiger partial charge in [-0.1, -0.05) is 82.2 Å². The lowest BCUT2D eigenvalue weighted by atomic mass is 10.1. The average Bonchev–Trinajstić information content (AvgIpc) is 3.50. The smallest absolute Gasteiger partial charge is 0.190 e. The lowest BCUT2D eigenvalue weighted by molar-refractivity contribution is -0.216. The largest absolute Gasteiger partial charge is 0.373 e. The first-order valence-electron chi connectivity index (χ1n) is 12.9. The van der Waals surface area contributed by atoms with E-state index in [1.807, 2.05) is 32.0 Å². The van der Waals surface area contributed by atoms with Crippen molar-refractivity contribution in [3.63, 3.8) is 0 Å². The third kappa shape index (κ3) is 7.01. The zero-order chi connectivity index (χ0) is 23.8. The molecule has 0 amide bonds. The molecule has 7 heteroatoms. The van der Waals surface area contributed by atoms with Crippen LogP contribution in [0.2, 0.25) is 0 Å². The van der Waals surface area contributed by atoms with Gasteiger partial charge in [0.2, 0.25) is 0 Å². The van der Waals surface area contributed by atoms with E-state index < -0.39 is 5.79 Å². The molecule has 0 spiro atoms. The van der Waals surface area contributed by atoms with Gasteiger partial charge < -0.3 is 24.3 Å². The molecule has 6 nitrogen and oxygen atoms in total. The summed E-state index contributed by atoms with van der Waals surface area (Å²) in [6.07, 6.45) is 9.37. The fraction of sp³-hybridized carbons (Fsp3) is 0.667. The second kappa shape index (κ2) is 12.5. The van der Waals surface area contributed by atoms with Crippen LogP contribution in [0.15, 0.2) is 35.7 Å². The second-order valence-electron chi connectivity index (χ2n) is 9.74. The Morgan fingerprint density at radius 1 is 1.00 bits per heavy atom. The molecule has 2 aliphatic heterocycles. The van der Waals surface area contributed by atoms with E-state index in [2.05, 4.69) is 29.8 Å². The number of nitrogens with zero attached hydrogens (tertiary/aromatic N) is 1. The highest BCUT2D eigenvalue weighted by atomic mass is 32.1. The zero-order valence-corrected chi connectivity index (χ0v) is 21.6. The van der Waals surface area contributed by atoms with E-state index in [1.165, 1.54) is 44.9 Å². The standard InChI is InChI=1S/C27H40N2O4S/c1-4-5-6-7-8-9-10-14-17-30-23-22(31-25-24(23)32-27(2,3)33-25)18-28-26-29-21(19-34-26)20-15-12-11-13-16-20/h11-13,15-16,19,22-25H,4-10,14,17-18H2,1-3H3,(H,28,29)/t22-,23-,24-,25-/m1/s1. The predicted molar refractivity (Wildman–Crippen MR) is 137 cm³/mol. The summed E-state index contributed by atoms with van der Waals surface area (Å²) in [4.78, 5) is 4.73. The average molecular weight is 489 g/mol. The van der Waals surface area contributed by atoms with Gasteiger partial charge in [-0.25, -0.2) is 4.98 Å². The Kier molecular flexibility index (Phi) is 9.37. The highest BCUT2D eigenvalue weighted by molar-refractivity contribution is 7.14. The third-order valence-corrected chi connectivity index (χ3v) is 7.22. The van der Waals surface area contributed by atoms with Gasteiger partial charge in [0.05, 0.1) is 5.69 Å². The fourth-order valence-electron chi connectivity index (χ4n) is 4.65. The first-order valence-corrected chi connectivity index (χ1v) is 13.8. The monoisotopic (exact) mass is 488 g/mol. The summed E-state index contributed by atoms with van der Waals surface area (Å²) in [5, 5.41) is 6.40. The van der Waals surface area contributed by atoms with Crippen LogP contribution in [0.1, 0.15) is 72.1 Å². The minimum atomic E-state index is -0.645. The summed E-state index contributed by atoms with van der Waals surface area (Å²) in [5.41, 5.74) is 2.10. The maximum Gasteiger partial charge on any atom is 0.190 e. The number of rotatable bonds is 14. The molecule has 2 aliphatic rings. The number of aromatic nitrogens is 1. The zero-order valence-electron chi connectivity index (χ0n) is 20.8. The van der Waals surface area contributed by atoms with E-state index in [1.54, 1.807) is 11.3 Å². The number of benzene rings is 1. The van der Waals surface area contributed by atoms with Crippen LogP contribution in [-0.4, -0.2) is 48.5 Å². The van der Waals surface area contributed by atoms with Crippen molar-refractivity contribution in [3.8, 4) is 11.3 Å². The lowest BCUT2D eigenvalue weighted by Gasteiger charge is -2.26. The number of unbranched alkanes of at least 4 members (excludes halogenated alkanes) is 7. The van der Waals surface area contributed by atoms with Crippen LogP contribution in [0, 0.1) is 0 Å². The Morgan fingerprint density at radius 2 is 1.74 bits per heavy atom. The molecule has 1 aromatic heterocycles. The molecule has 2 aromatic rings. The summed E-state index contributed by atoms with van der Waals surface area (Å²) in [7, 11) is 0. The minimum absolute atomic E-state index is 0.149. The number of hydrogen-bond acceptors (Lipinski definition) is 7. The Labute approximate surface area is 208 Å². The van der Waals surface area contributed by atoms with E-state index in [0.717, 1.165) is 29.4 Å². The molecule has 3 heterocycles. The van der Waals surface area contributed by atoms with Crippen molar-refractivity contribution in [2.75, 3.05) is 18.5 Å². The van der Waals surface area contributed by atoms with Crippen LogP contribution in [-0.2, 0) is 18.9 Å². The van der Waals surface area contributed by atoms with Gasteiger partial charge >= 0.3 is 0 Å². The Morgan fingerprint density at radius 3 is 2.50 bits per heavy atom. The number of fused-ring (bicyclic) bond motifs is 1. The van der Waals surface area contributed by atoms with Crippen LogP contribution in [0.5, 0.6) is 0 Å². The molecule has 0 radical (unpaired) electrons. The molecule has 4 rings (SSSR count). The molecule has 1 N–H and O–H groups in total. The maximum atomic E-state index is 6.34. The van der Waals surface area contributed by atoms with Crippen molar-refractivity contribution in [1.29, 1.82) is 0 Å². The number of nitrogens with one attached hydrogen (secondary N) is 1. The highest BCUT2D eigenvalue weighted by Crippen LogP contribution is 2.39. The van der Waals surface area contributed by atoms with E-state index in [9.17, 15) is 0 Å². The molecule has 2 fully saturated rings. The number of thiazole rings is 1. The number of hydrogen-bond donors (Lipinski definition) is 1. The highest BCUT2D eigenvalue weighted by Gasteiger charge is 2.55. The number of ether oxygens (including phenoxy) is 4. The Balaban J connectivity index is 1.25. The van der Waals surface area contributed by atoms with E-state index in [4.69, 9.17) is 23.9 Å². The Bertz CT molecular complexity index is 859. The van der Waals surface area contributed by atoms with Gasteiger partial charge in [0.25, 0.3) is 0 Å². The van der Waals surface area contributed by atoms with Crippen molar-refractivity contribution < 1.29 is 18.9 Å². The van der Waals surface area contributed by atoms with E-state index >= 15 is 0 Å². The quantitative estimate of drug-likeness (QED) is 0.301. The normalized spacial score (nSPS) is 25.5. The van der Waals surface area contributed by atoms with Crippen LogP contribution in [0.25, 0.3) is 11.3 Å². The van der Waals surface area contributed by atoms with Crippen molar-refractivity contribution in [2.45, 2.75) is 103 Å². The topological polar surface area (TPSA) is 61.8 Å². The van der Waals surface area contributed by atoms with Crippen LogP contribution >= 0.6 is 11.3 Å². The molecular formula is C27H40N2O4S. The third-order valence-electron chi connectivity index (χ3n) is 6.42. The first kappa shape index (κ1) is 25.6. The molecule has 4 atom stereocenters. The molecular weight excluding hydrogens is 448 g/mol. The van der Waals surface area contributed by atoms with Crippen molar-refractivity contribution in [1.82, 2.24) is 4.98 Å². The molecule has 0 aliphatic carbocycles. The summed E-state index contributed by atoms with van der Waals surface area (Å²) >= 11 is 1.60. The molecule has 0 unspecified atom stereocenters. The molecule has 0 saturated carbocycles. The molecule has 0 bridgehead atoms. The Hall–Kier alpha value is -1.51. The second-order valence-corrected chi connectivity index (χ2v) is 10.6. The minimum Gasteiger partial charge on any atom is -0.373 e. The van der Waals surface area contributed by atoms with Crippen molar-refractivity contribution in [2.24, 2.45) is 0 Å². The molecule has 1 aromatic carbocycles. The molecule has 2 saturated heterocycles. The van der Waals surface area contributed by atoms with Gasteiger partial charge in [0, 0.05) is 24.1 Å². The van der Waals surface area contributed by atoms with Crippen LogP contribution in [0.4, 0.5) is 5.13 Å². The van der Waals surface area contributed by atoms with Gasteiger partial charge in [-0.05, 0) is 20.3 Å². The van der Waals surface area contributed by atoms with Gasteiger partial charge in [-0.2, -0.15) is 0 Å². The van der Waals surface area contributed by atoms with Gasteiger partial charge in [0.1, 0.15) is 18.3 Å². The van der Waals surface area contributed by atoms with Crippen molar-refractivity contribution in [3.05, 3.63) is 35.7 Å². The first-order chi connectivity index (χ1) is 16.6. The SMILES string of the molecule is CCCCCCCCCCO[C@H]1[C@H]2OC(C)(C)O[C@H]2O[C@@H]1CNc1nc(-c2ccccc2)cs1. The summed E-state index contributed by atoms with van der Waals surface area (Å²) in [5.74, 6) is -0.645. The summed E-state index contributed by atoms with van der Waals surface area (Å²) in [6, 6.07) is 10.2. The van der Waals surface area contributed by atoms with E-state index in [-0.39, 0.29) is 24.6 Å². The maximum absolute atomic E-state index is 6.34. The van der Waals surface area contributed by atoms with Crippen molar-refractivity contribution >= 4 is 16.5 Å². The summed E-state index contributed by atoms with van der Waals surface area (Å²) < 4.78 is 24.7. The van der Waals surface area contributed by atoms with Crippen LogP contribution < -0.4 is 5.32 Å². The van der Waals surface area contributed by atoms with E-state index in [0.29, 0.717) is 6.54 Å². The number of anilines is 1. The molecule has 34 heavy (non-hydrogen) atoms. The predicted octanol–water partition coefficient (Wildman–Crippen LogP) is 6.62. The van der Waals surface area contributed by atoms with Crippen LogP contribution in [0.3, 0.4) is 0 Å². The lowest BCUT2D eigenvalue weighted by Crippen LogP contribution is -2.40. The van der Waals surface area contributed by atoms with Gasteiger partial charge in [0.15, 0.2) is 17.2 Å². The van der Waals surface area contributed by atoms with Gasteiger partial charge in [-0.15, -0.1) is 11.3 Å².